The second kappa shape index (κ2) is 7.78. The molecule has 0 bridgehead atoms. The molecule has 0 radical (unpaired) electrons. The van der Waals surface area contributed by atoms with Crippen molar-refractivity contribution in [2.24, 2.45) is 5.92 Å². The minimum atomic E-state index is -0.268. The highest BCUT2D eigenvalue weighted by molar-refractivity contribution is 5.96. The van der Waals surface area contributed by atoms with E-state index in [9.17, 15) is 9.18 Å². The topological polar surface area (TPSA) is 62.7 Å². The number of hydrogen-bond donors (Lipinski definition) is 2. The summed E-state index contributed by atoms with van der Waals surface area (Å²) < 4.78 is 15.4. The molecule has 0 fully saturated rings. The van der Waals surface area contributed by atoms with Gasteiger partial charge >= 0.3 is 0 Å². The molecule has 0 saturated heterocycles. The monoisotopic (exact) mass is 404 g/mol. The number of carbonyl (C=O) groups is 1. The Hall–Kier alpha value is -3.41. The number of nitrogens with one attached hydrogen (secondary N) is 2. The summed E-state index contributed by atoms with van der Waals surface area (Å²) in [5.41, 5.74) is 5.70. The quantitative estimate of drug-likeness (QED) is 0.466. The van der Waals surface area contributed by atoms with Crippen LogP contribution in [0.2, 0.25) is 0 Å². The Morgan fingerprint density at radius 2 is 1.83 bits per heavy atom. The average molecular weight is 404 g/mol. The van der Waals surface area contributed by atoms with Gasteiger partial charge in [-0.05, 0) is 49.2 Å². The van der Waals surface area contributed by atoms with Gasteiger partial charge in [-0.3, -0.25) is 4.79 Å². The number of benzene rings is 2. The molecule has 4 aromatic rings. The molecule has 2 aromatic heterocycles. The van der Waals surface area contributed by atoms with E-state index >= 15 is 0 Å². The van der Waals surface area contributed by atoms with Crippen LogP contribution in [0.25, 0.3) is 22.4 Å². The molecule has 0 spiro atoms. The molecular weight excluding hydrogens is 379 g/mol. The summed E-state index contributed by atoms with van der Waals surface area (Å²) in [5, 5.41) is 3.10. The number of para-hydroxylation sites is 2. The molecule has 0 aliphatic heterocycles. The molecule has 0 atom stereocenters. The van der Waals surface area contributed by atoms with Crippen LogP contribution in [0.15, 0.2) is 48.5 Å². The summed E-state index contributed by atoms with van der Waals surface area (Å²) in [4.78, 5) is 20.8. The van der Waals surface area contributed by atoms with E-state index in [2.05, 4.69) is 14.9 Å². The number of nitrogens with zero attached hydrogens (tertiary/aromatic N) is 2. The van der Waals surface area contributed by atoms with Gasteiger partial charge in [0.05, 0.1) is 16.6 Å². The van der Waals surface area contributed by atoms with Crippen LogP contribution < -0.4 is 5.32 Å². The zero-order valence-electron chi connectivity index (χ0n) is 17.6. The van der Waals surface area contributed by atoms with Crippen LogP contribution in [0.1, 0.15) is 30.7 Å². The van der Waals surface area contributed by atoms with Crippen molar-refractivity contribution in [1.29, 1.82) is 0 Å². The molecule has 0 aliphatic rings. The summed E-state index contributed by atoms with van der Waals surface area (Å²) in [7, 11) is 0. The zero-order chi connectivity index (χ0) is 21.4. The lowest BCUT2D eigenvalue weighted by molar-refractivity contribution is -0.118. The molecular formula is C24H25FN4O. The lowest BCUT2D eigenvalue weighted by atomic mass is 10.1. The molecule has 0 aliphatic carbocycles. The minimum absolute atomic E-state index is 0.0646. The number of carbonyl (C=O) groups excluding carboxylic acids is 1. The largest absolute Gasteiger partial charge is 0.338 e. The molecule has 0 unspecified atom stereocenters. The third kappa shape index (κ3) is 3.61. The lowest BCUT2D eigenvalue weighted by Crippen LogP contribution is -2.21. The van der Waals surface area contributed by atoms with E-state index in [1.807, 2.05) is 52.0 Å². The van der Waals surface area contributed by atoms with Gasteiger partial charge in [0.25, 0.3) is 0 Å². The Labute approximate surface area is 175 Å². The summed E-state index contributed by atoms with van der Waals surface area (Å²) in [6, 6.07) is 14.3. The number of fused-ring (bicyclic) bond motifs is 1. The SMILES string of the molecule is Cc1c(-c2nc3ccccc3[nH]2)c(NC(=O)C(C)C)n(Cc2ccc(F)cc2)c1C. The maximum Gasteiger partial charge on any atom is 0.228 e. The number of hydrogen-bond acceptors (Lipinski definition) is 2. The highest BCUT2D eigenvalue weighted by atomic mass is 19.1. The van der Waals surface area contributed by atoms with Crippen molar-refractivity contribution < 1.29 is 9.18 Å². The van der Waals surface area contributed by atoms with Crippen molar-refractivity contribution in [3.05, 3.63) is 71.2 Å². The van der Waals surface area contributed by atoms with E-state index in [-0.39, 0.29) is 17.6 Å². The van der Waals surface area contributed by atoms with Crippen molar-refractivity contribution in [2.45, 2.75) is 34.2 Å². The van der Waals surface area contributed by atoms with Gasteiger partial charge in [0, 0.05) is 18.2 Å². The second-order valence-corrected chi connectivity index (χ2v) is 7.89. The van der Waals surface area contributed by atoms with Gasteiger partial charge in [-0.1, -0.05) is 38.1 Å². The summed E-state index contributed by atoms with van der Waals surface area (Å²) in [6.45, 7) is 8.30. The van der Waals surface area contributed by atoms with Crippen molar-refractivity contribution in [2.75, 3.05) is 5.32 Å². The predicted molar refractivity (Wildman–Crippen MR) is 118 cm³/mol. The molecule has 4 rings (SSSR count). The molecule has 6 heteroatoms. The van der Waals surface area contributed by atoms with Gasteiger partial charge in [0.15, 0.2) is 0 Å². The van der Waals surface area contributed by atoms with Crippen molar-refractivity contribution in [1.82, 2.24) is 14.5 Å². The summed E-state index contributed by atoms with van der Waals surface area (Å²) in [5.74, 6) is 0.921. The Morgan fingerprint density at radius 3 is 2.50 bits per heavy atom. The van der Waals surface area contributed by atoms with Gasteiger partial charge in [0.2, 0.25) is 5.91 Å². The number of imidazole rings is 1. The lowest BCUT2D eigenvalue weighted by Gasteiger charge is -2.15. The molecule has 0 saturated carbocycles. The van der Waals surface area contributed by atoms with E-state index in [4.69, 9.17) is 4.98 Å². The first-order valence-corrected chi connectivity index (χ1v) is 10.0. The average Bonchev–Trinajstić information content (AvgIpc) is 3.24. The molecule has 2 aromatic carbocycles. The number of aromatic amines is 1. The van der Waals surface area contributed by atoms with Crippen LogP contribution >= 0.6 is 0 Å². The summed E-state index contributed by atoms with van der Waals surface area (Å²) >= 11 is 0. The summed E-state index contributed by atoms with van der Waals surface area (Å²) in [6.07, 6.45) is 0. The number of rotatable bonds is 5. The van der Waals surface area contributed by atoms with Crippen LogP contribution in [-0.4, -0.2) is 20.4 Å². The van der Waals surface area contributed by atoms with Crippen LogP contribution in [0.4, 0.5) is 10.2 Å². The highest BCUT2D eigenvalue weighted by Crippen LogP contribution is 2.36. The fourth-order valence-electron chi connectivity index (χ4n) is 3.59. The molecule has 2 heterocycles. The maximum atomic E-state index is 13.4. The zero-order valence-corrected chi connectivity index (χ0v) is 17.6. The van der Waals surface area contributed by atoms with Crippen LogP contribution in [0, 0.1) is 25.6 Å². The first-order chi connectivity index (χ1) is 14.3. The number of aromatic nitrogens is 3. The van der Waals surface area contributed by atoms with Gasteiger partial charge in [-0.25, -0.2) is 9.37 Å². The number of H-pyrrole nitrogens is 1. The number of amides is 1. The van der Waals surface area contributed by atoms with E-state index in [1.54, 1.807) is 12.1 Å². The fraction of sp³-hybridized carbons (Fsp3) is 0.250. The third-order valence-corrected chi connectivity index (χ3v) is 5.48. The Kier molecular flexibility index (Phi) is 5.16. The van der Waals surface area contributed by atoms with Crippen molar-refractivity contribution in [3.8, 4) is 11.4 Å². The van der Waals surface area contributed by atoms with Crippen molar-refractivity contribution in [3.63, 3.8) is 0 Å². The van der Waals surface area contributed by atoms with Crippen LogP contribution in [-0.2, 0) is 11.3 Å². The smallest absolute Gasteiger partial charge is 0.228 e. The Morgan fingerprint density at radius 1 is 1.13 bits per heavy atom. The van der Waals surface area contributed by atoms with Gasteiger partial charge in [-0.15, -0.1) is 0 Å². The Balaban J connectivity index is 1.87. The van der Waals surface area contributed by atoms with Gasteiger partial charge in [-0.2, -0.15) is 0 Å². The molecule has 2 N–H and O–H groups in total. The highest BCUT2D eigenvalue weighted by Gasteiger charge is 2.24. The molecule has 30 heavy (non-hydrogen) atoms. The standard InChI is InChI=1S/C24H25FN4O/c1-14(2)24(30)28-23-21(22-26-19-7-5-6-8-20(19)27-22)15(3)16(4)29(23)13-17-9-11-18(25)12-10-17/h5-12,14H,13H2,1-4H3,(H,26,27)(H,28,30). The number of halogens is 1. The second-order valence-electron chi connectivity index (χ2n) is 7.89. The first-order valence-electron chi connectivity index (χ1n) is 10.0. The van der Waals surface area contributed by atoms with Gasteiger partial charge < -0.3 is 14.9 Å². The van der Waals surface area contributed by atoms with E-state index < -0.39 is 0 Å². The molecule has 154 valence electrons. The van der Waals surface area contributed by atoms with Crippen LogP contribution in [0.5, 0.6) is 0 Å². The third-order valence-electron chi connectivity index (χ3n) is 5.48. The molecule has 1 amide bonds. The first kappa shape index (κ1) is 19.9. The minimum Gasteiger partial charge on any atom is -0.338 e. The van der Waals surface area contributed by atoms with E-state index in [0.29, 0.717) is 18.2 Å². The Bertz CT molecular complexity index is 1190. The van der Waals surface area contributed by atoms with Gasteiger partial charge in [0.1, 0.15) is 17.5 Å². The maximum absolute atomic E-state index is 13.4. The number of anilines is 1. The molecule has 5 nitrogen and oxygen atoms in total. The van der Waals surface area contributed by atoms with Crippen LogP contribution in [0.3, 0.4) is 0 Å². The van der Waals surface area contributed by atoms with E-state index in [0.717, 1.165) is 33.4 Å². The normalized spacial score (nSPS) is 11.4. The predicted octanol–water partition coefficient (Wildman–Crippen LogP) is 5.43. The van der Waals surface area contributed by atoms with Crippen molar-refractivity contribution >= 4 is 22.8 Å². The fourth-order valence-corrected chi connectivity index (χ4v) is 3.59. The van der Waals surface area contributed by atoms with E-state index in [1.165, 1.54) is 12.1 Å².